The summed E-state index contributed by atoms with van der Waals surface area (Å²) >= 11 is 0. The number of hydrogen-bond donors (Lipinski definition) is 2. The molecule has 0 amide bonds. The van der Waals surface area contributed by atoms with E-state index in [2.05, 4.69) is 83.7 Å². The van der Waals surface area contributed by atoms with Gasteiger partial charge in [0.25, 0.3) is 0 Å². The Morgan fingerprint density at radius 2 is 1.85 bits per heavy atom. The second-order valence-electron chi connectivity index (χ2n) is 12.3. The van der Waals surface area contributed by atoms with E-state index in [1.165, 1.54) is 12.1 Å². The summed E-state index contributed by atoms with van der Waals surface area (Å²) in [5.74, 6) is 2.44. The smallest absolute Gasteiger partial charge is 0.229 e. The van der Waals surface area contributed by atoms with Crippen LogP contribution in [0.4, 0.5) is 29.0 Å². The molecule has 9 nitrogen and oxygen atoms in total. The Morgan fingerprint density at radius 3 is 2.62 bits per heavy atom. The van der Waals surface area contributed by atoms with E-state index in [0.29, 0.717) is 18.6 Å². The summed E-state index contributed by atoms with van der Waals surface area (Å²) in [5, 5.41) is 7.05. The van der Waals surface area contributed by atoms with Gasteiger partial charge < -0.3 is 29.9 Å². The maximum Gasteiger partial charge on any atom is 0.229 e. The van der Waals surface area contributed by atoms with Crippen molar-refractivity contribution in [3.8, 4) is 0 Å². The molecule has 0 spiro atoms. The van der Waals surface area contributed by atoms with Gasteiger partial charge in [-0.15, -0.1) is 0 Å². The lowest BCUT2D eigenvalue weighted by Gasteiger charge is -2.46. The van der Waals surface area contributed by atoms with Crippen molar-refractivity contribution < 1.29 is 9.47 Å². The topological polar surface area (TPSA) is 87.7 Å². The van der Waals surface area contributed by atoms with Crippen molar-refractivity contribution in [3.05, 3.63) is 59.9 Å². The number of anilines is 5. The second kappa shape index (κ2) is 9.98. The molecule has 6 heterocycles. The number of fused-ring (bicyclic) bond motifs is 3. The van der Waals surface area contributed by atoms with E-state index in [0.717, 1.165) is 74.3 Å². The van der Waals surface area contributed by atoms with Gasteiger partial charge in [-0.3, -0.25) is 0 Å². The van der Waals surface area contributed by atoms with Crippen LogP contribution >= 0.6 is 0 Å². The van der Waals surface area contributed by atoms with Crippen LogP contribution in [0.1, 0.15) is 57.3 Å². The van der Waals surface area contributed by atoms with Crippen LogP contribution in [0, 0.1) is 0 Å². The fourth-order valence-electron chi connectivity index (χ4n) is 6.67. The molecule has 0 aliphatic carbocycles. The zero-order valence-electron chi connectivity index (χ0n) is 23.7. The van der Waals surface area contributed by atoms with Crippen molar-refractivity contribution in [1.82, 2.24) is 20.3 Å². The summed E-state index contributed by atoms with van der Waals surface area (Å²) in [6.45, 7) is 11.7. The van der Waals surface area contributed by atoms with E-state index in [-0.39, 0.29) is 17.1 Å². The first-order valence-electron chi connectivity index (χ1n) is 14.6. The Morgan fingerprint density at radius 1 is 1.02 bits per heavy atom. The maximum absolute atomic E-state index is 6.38. The Kier molecular flexibility index (Phi) is 6.40. The highest BCUT2D eigenvalue weighted by Crippen LogP contribution is 2.53. The number of nitrogens with one attached hydrogen (secondary N) is 2. The minimum Gasteiger partial charge on any atom is -0.378 e. The number of hydrogen-bond acceptors (Lipinski definition) is 9. The molecule has 2 aromatic heterocycles. The van der Waals surface area contributed by atoms with Crippen LogP contribution in [0.15, 0.2) is 48.7 Å². The van der Waals surface area contributed by atoms with Crippen molar-refractivity contribution >= 4 is 29.0 Å². The quantitative estimate of drug-likeness (QED) is 0.471. The fraction of sp³-hybridized carbons (Fsp3) is 0.516. The summed E-state index contributed by atoms with van der Waals surface area (Å²) in [6.07, 6.45) is 5.17. The van der Waals surface area contributed by atoms with Gasteiger partial charge in [-0.05, 0) is 76.1 Å². The molecule has 7 rings (SSSR count). The molecule has 0 radical (unpaired) electrons. The molecule has 0 bridgehead atoms. The molecule has 3 fully saturated rings. The Balaban J connectivity index is 1.22. The lowest BCUT2D eigenvalue weighted by atomic mass is 9.73. The summed E-state index contributed by atoms with van der Waals surface area (Å²) < 4.78 is 11.9. The van der Waals surface area contributed by atoms with E-state index in [1.807, 2.05) is 6.20 Å². The third kappa shape index (κ3) is 4.60. The first kappa shape index (κ1) is 25.7. The van der Waals surface area contributed by atoms with Crippen molar-refractivity contribution in [1.29, 1.82) is 0 Å². The molecule has 1 aromatic carbocycles. The number of ether oxygens (including phenoxy) is 2. The van der Waals surface area contributed by atoms with E-state index < -0.39 is 0 Å². The Hall–Kier alpha value is -3.27. The summed E-state index contributed by atoms with van der Waals surface area (Å²) in [5.41, 5.74) is 3.93. The largest absolute Gasteiger partial charge is 0.378 e. The molecule has 9 heteroatoms. The maximum atomic E-state index is 6.38. The highest BCUT2D eigenvalue weighted by Gasteiger charge is 2.55. The van der Waals surface area contributed by atoms with Gasteiger partial charge in [-0.2, -0.15) is 4.98 Å². The molecule has 40 heavy (non-hydrogen) atoms. The van der Waals surface area contributed by atoms with Gasteiger partial charge >= 0.3 is 0 Å². The molecular formula is C31H39N7O2. The average Bonchev–Trinajstić information content (AvgIpc) is 3.59. The van der Waals surface area contributed by atoms with Crippen LogP contribution < -0.4 is 20.4 Å². The molecule has 4 aliphatic rings. The highest BCUT2D eigenvalue weighted by molar-refractivity contribution is 5.71. The lowest BCUT2D eigenvalue weighted by Crippen LogP contribution is -2.54. The zero-order valence-corrected chi connectivity index (χ0v) is 23.7. The number of rotatable bonds is 5. The predicted octanol–water partition coefficient (Wildman–Crippen LogP) is 4.85. The third-order valence-corrected chi connectivity index (χ3v) is 9.03. The fourth-order valence-corrected chi connectivity index (χ4v) is 6.67. The van der Waals surface area contributed by atoms with Gasteiger partial charge in [0.05, 0.1) is 37.2 Å². The third-order valence-electron chi connectivity index (χ3n) is 9.03. The predicted molar refractivity (Wildman–Crippen MR) is 157 cm³/mol. The number of nitrogens with zero attached hydrogens (tertiary/aromatic N) is 5. The van der Waals surface area contributed by atoms with Crippen LogP contribution in [0.2, 0.25) is 0 Å². The molecule has 4 aliphatic heterocycles. The molecule has 3 atom stereocenters. The number of benzene rings is 1. The lowest BCUT2D eigenvalue weighted by molar-refractivity contribution is -0.0893. The Bertz CT molecular complexity index is 1370. The minimum atomic E-state index is -0.230. The van der Waals surface area contributed by atoms with Gasteiger partial charge in [0.1, 0.15) is 11.6 Å². The summed E-state index contributed by atoms with van der Waals surface area (Å²) in [6, 6.07) is 15.4. The van der Waals surface area contributed by atoms with Crippen molar-refractivity contribution in [2.45, 2.75) is 63.1 Å². The second-order valence-corrected chi connectivity index (χ2v) is 12.3. The molecule has 0 unspecified atom stereocenters. The molecule has 3 saturated heterocycles. The zero-order chi connectivity index (χ0) is 27.3. The van der Waals surface area contributed by atoms with Crippen molar-refractivity contribution in [2.75, 3.05) is 54.6 Å². The van der Waals surface area contributed by atoms with Gasteiger partial charge in [0, 0.05) is 47.7 Å². The monoisotopic (exact) mass is 541 g/mol. The summed E-state index contributed by atoms with van der Waals surface area (Å²) in [7, 11) is 0. The molecule has 0 saturated carbocycles. The molecule has 210 valence electrons. The highest BCUT2D eigenvalue weighted by atomic mass is 16.5. The molecule has 3 aromatic rings. The van der Waals surface area contributed by atoms with Crippen LogP contribution in [0.3, 0.4) is 0 Å². The SMILES string of the molecule is CC1(C)C[C@H]2N(c3cccc([C@@H]4CCCN4)n3)c3nc(Nc4ccc(N5CCOCC5)cc4)ncc3[C@@]2(C)CO1. The molecular weight excluding hydrogens is 502 g/mol. The summed E-state index contributed by atoms with van der Waals surface area (Å²) in [4.78, 5) is 19.8. The number of pyridine rings is 1. The van der Waals surface area contributed by atoms with Crippen LogP contribution in [0.5, 0.6) is 0 Å². The normalized spacial score (nSPS) is 27.4. The standard InChI is InChI=1S/C31H39N7O2/c1-30(2)18-26-31(3,20-40-30)23-19-33-29(34-21-9-11-22(12-10-21)37-14-16-39-17-15-37)36-28(23)38(26)27-8-4-6-25(35-27)24-7-5-13-32-24/h4,6,8-12,19,24,26,32H,5,7,13-18,20H2,1-3H3,(H,33,34,36)/t24-,26+,31+/m0/s1. The van der Waals surface area contributed by atoms with E-state index in [9.17, 15) is 0 Å². The minimum absolute atomic E-state index is 0.169. The van der Waals surface area contributed by atoms with Gasteiger partial charge in [-0.1, -0.05) is 13.0 Å². The number of morpholine rings is 1. The van der Waals surface area contributed by atoms with E-state index >= 15 is 0 Å². The first-order valence-corrected chi connectivity index (χ1v) is 14.6. The van der Waals surface area contributed by atoms with Crippen LogP contribution in [-0.4, -0.2) is 66.0 Å². The van der Waals surface area contributed by atoms with E-state index in [4.69, 9.17) is 24.4 Å². The van der Waals surface area contributed by atoms with Gasteiger partial charge in [0.15, 0.2) is 0 Å². The molecule has 2 N–H and O–H groups in total. The van der Waals surface area contributed by atoms with E-state index in [1.54, 1.807) is 0 Å². The van der Waals surface area contributed by atoms with Crippen molar-refractivity contribution in [2.24, 2.45) is 0 Å². The number of aromatic nitrogens is 3. The first-order chi connectivity index (χ1) is 19.4. The van der Waals surface area contributed by atoms with Crippen LogP contribution in [0.25, 0.3) is 0 Å². The average molecular weight is 542 g/mol. The van der Waals surface area contributed by atoms with Crippen LogP contribution in [-0.2, 0) is 14.9 Å². The van der Waals surface area contributed by atoms with Crippen molar-refractivity contribution in [3.63, 3.8) is 0 Å². The van der Waals surface area contributed by atoms with Gasteiger partial charge in [-0.25, -0.2) is 9.97 Å². The Labute approximate surface area is 236 Å². The van der Waals surface area contributed by atoms with Gasteiger partial charge in [0.2, 0.25) is 5.95 Å².